The summed E-state index contributed by atoms with van der Waals surface area (Å²) in [6, 6.07) is 3.80. The lowest BCUT2D eigenvalue weighted by molar-refractivity contribution is -0.0328. The summed E-state index contributed by atoms with van der Waals surface area (Å²) in [4.78, 5) is 10.3. The smallest absolute Gasteiger partial charge is 0.446 e. The van der Waals surface area contributed by atoms with E-state index in [1.807, 2.05) is 0 Å². The van der Waals surface area contributed by atoms with Crippen molar-refractivity contribution in [2.75, 3.05) is 0 Å². The number of carboxylic acid groups (broad SMARTS) is 1. The van der Waals surface area contributed by atoms with Gasteiger partial charge in [0.15, 0.2) is 0 Å². The van der Waals surface area contributed by atoms with Crippen LogP contribution in [0.15, 0.2) is 17.0 Å². The van der Waals surface area contributed by atoms with Crippen molar-refractivity contribution in [3.8, 4) is 6.07 Å². The number of nitrogens with zero attached hydrogens (tertiary/aromatic N) is 1. The number of hydrogen-bond donors (Lipinski definition) is 2. The molecule has 0 unspecified atom stereocenters. The van der Waals surface area contributed by atoms with Crippen LogP contribution in [0.3, 0.4) is 0 Å². The molecule has 0 saturated heterocycles. The number of benzene rings is 1. The van der Waals surface area contributed by atoms with E-state index >= 15 is 0 Å². The van der Waals surface area contributed by atoms with Crippen molar-refractivity contribution in [3.63, 3.8) is 0 Å². The molecule has 0 aliphatic heterocycles. The summed E-state index contributed by atoms with van der Waals surface area (Å²) >= 11 is -0.576. The Bertz CT molecular complexity index is 523. The van der Waals surface area contributed by atoms with E-state index in [0.717, 1.165) is 12.1 Å². The molecule has 0 fully saturated rings. The molecule has 0 heterocycles. The van der Waals surface area contributed by atoms with Crippen molar-refractivity contribution < 1.29 is 23.1 Å². The first kappa shape index (κ1) is 14.3. The Morgan fingerprint density at radius 1 is 1.50 bits per heavy atom. The fourth-order valence-electron chi connectivity index (χ4n) is 1.34. The Morgan fingerprint density at radius 2 is 2.11 bits per heavy atom. The van der Waals surface area contributed by atoms with Crippen LogP contribution in [0.5, 0.6) is 0 Å². The van der Waals surface area contributed by atoms with Gasteiger partial charge in [-0.15, -0.1) is 0 Å². The third kappa shape index (κ3) is 3.15. The minimum absolute atomic E-state index is 0.0609. The molecule has 0 aromatic heterocycles. The molecule has 0 saturated carbocycles. The van der Waals surface area contributed by atoms with E-state index < -0.39 is 33.7 Å². The average Bonchev–Trinajstić information content (AvgIpc) is 2.25. The van der Waals surface area contributed by atoms with Crippen LogP contribution in [0.1, 0.15) is 21.5 Å². The lowest BCUT2D eigenvalue weighted by Crippen LogP contribution is -2.11. The highest BCUT2D eigenvalue weighted by Crippen LogP contribution is 2.41. The molecule has 4 nitrogen and oxygen atoms in total. The van der Waals surface area contributed by atoms with Crippen LogP contribution in [-0.2, 0) is 6.54 Å². The maximum atomic E-state index is 12.4. The number of halogens is 3. The summed E-state index contributed by atoms with van der Waals surface area (Å²) in [5, 5.41) is 17.6. The summed E-state index contributed by atoms with van der Waals surface area (Å²) < 4.78 is 37.1. The number of carbonyl (C=O) groups is 1. The van der Waals surface area contributed by atoms with Crippen LogP contribution in [0, 0.1) is 11.3 Å². The third-order valence-corrected chi connectivity index (χ3v) is 2.94. The summed E-state index contributed by atoms with van der Waals surface area (Å²) in [6.45, 7) is -0.345. The molecule has 0 radical (unpaired) electrons. The predicted molar refractivity (Wildman–Crippen MR) is 57.9 cm³/mol. The summed E-state index contributed by atoms with van der Waals surface area (Å²) in [5.74, 6) is -1.50. The zero-order chi connectivity index (χ0) is 13.9. The molecule has 0 aliphatic carbocycles. The molecule has 1 rings (SSSR count). The van der Waals surface area contributed by atoms with E-state index in [0.29, 0.717) is 0 Å². The number of thioether (sulfide) groups is 1. The Labute approximate surface area is 104 Å². The molecular weight excluding hydrogens is 269 g/mol. The fourth-order valence-corrected chi connectivity index (χ4v) is 2.15. The van der Waals surface area contributed by atoms with Crippen LogP contribution in [0.4, 0.5) is 13.2 Å². The number of aromatic carboxylic acids is 1. The fraction of sp³-hybridized carbons (Fsp3) is 0.200. The van der Waals surface area contributed by atoms with Gasteiger partial charge in [0.05, 0.1) is 17.2 Å². The van der Waals surface area contributed by atoms with Crippen molar-refractivity contribution >= 4 is 17.7 Å². The molecule has 0 atom stereocenters. The minimum atomic E-state index is -4.65. The van der Waals surface area contributed by atoms with Gasteiger partial charge in [0, 0.05) is 11.4 Å². The highest BCUT2D eigenvalue weighted by atomic mass is 32.2. The van der Waals surface area contributed by atoms with E-state index in [9.17, 15) is 18.0 Å². The van der Waals surface area contributed by atoms with Gasteiger partial charge < -0.3 is 10.8 Å². The number of alkyl halides is 3. The number of hydrogen-bond acceptors (Lipinski definition) is 4. The van der Waals surface area contributed by atoms with E-state index in [1.54, 1.807) is 6.07 Å². The van der Waals surface area contributed by atoms with Gasteiger partial charge in [0.1, 0.15) is 0 Å². The topological polar surface area (TPSA) is 87.1 Å². The summed E-state index contributed by atoms with van der Waals surface area (Å²) in [7, 11) is 0. The van der Waals surface area contributed by atoms with Crippen molar-refractivity contribution in [3.05, 3.63) is 28.8 Å². The van der Waals surface area contributed by atoms with Gasteiger partial charge in [-0.3, -0.25) is 0 Å². The van der Waals surface area contributed by atoms with Gasteiger partial charge in [-0.05, 0) is 29.5 Å². The summed E-state index contributed by atoms with van der Waals surface area (Å²) in [5.41, 5.74) is -0.0495. The van der Waals surface area contributed by atoms with Gasteiger partial charge in [-0.25, -0.2) is 4.79 Å². The second kappa shape index (κ2) is 5.29. The third-order valence-electron chi connectivity index (χ3n) is 2.03. The zero-order valence-electron chi connectivity index (χ0n) is 8.78. The Morgan fingerprint density at radius 3 is 2.50 bits per heavy atom. The molecular formula is C10H7F3N2O2S. The van der Waals surface area contributed by atoms with Crippen molar-refractivity contribution in [2.45, 2.75) is 16.9 Å². The number of carboxylic acids is 1. The molecule has 18 heavy (non-hydrogen) atoms. The quantitative estimate of drug-likeness (QED) is 0.827. The maximum Gasteiger partial charge on any atom is 0.446 e. The van der Waals surface area contributed by atoms with Crippen molar-refractivity contribution in [1.82, 2.24) is 0 Å². The van der Waals surface area contributed by atoms with Crippen molar-refractivity contribution in [2.24, 2.45) is 5.73 Å². The van der Waals surface area contributed by atoms with Crippen molar-refractivity contribution in [1.29, 1.82) is 5.26 Å². The lowest BCUT2D eigenvalue weighted by atomic mass is 10.0. The van der Waals surface area contributed by atoms with Crippen LogP contribution in [-0.4, -0.2) is 16.6 Å². The number of nitriles is 1. The molecule has 96 valence electrons. The second-order valence-corrected chi connectivity index (χ2v) is 4.21. The average molecular weight is 276 g/mol. The largest absolute Gasteiger partial charge is 0.478 e. The van der Waals surface area contributed by atoms with Crippen LogP contribution < -0.4 is 5.73 Å². The van der Waals surface area contributed by atoms with E-state index in [-0.39, 0.29) is 17.7 Å². The standard InChI is InChI=1S/C10H7F3N2O2S/c11-10(12,13)18-8-6(9(16)17)2-1-5(3-14)7(8)4-15/h1-2H,4,15H2,(H,16,17). The van der Waals surface area contributed by atoms with E-state index in [2.05, 4.69) is 0 Å². The number of rotatable bonds is 3. The molecule has 1 aromatic carbocycles. The minimum Gasteiger partial charge on any atom is -0.478 e. The molecule has 0 bridgehead atoms. The van der Waals surface area contributed by atoms with Crippen LogP contribution >= 0.6 is 11.8 Å². The first-order valence-electron chi connectivity index (χ1n) is 4.55. The monoisotopic (exact) mass is 276 g/mol. The van der Waals surface area contributed by atoms with Gasteiger partial charge >= 0.3 is 11.5 Å². The van der Waals surface area contributed by atoms with Crippen LogP contribution in [0.25, 0.3) is 0 Å². The van der Waals surface area contributed by atoms with Gasteiger partial charge in [-0.1, -0.05) is 0 Å². The van der Waals surface area contributed by atoms with E-state index in [4.69, 9.17) is 16.1 Å². The Hall–Kier alpha value is -1.72. The normalized spacial score (nSPS) is 11.1. The molecule has 0 aliphatic rings. The highest BCUT2D eigenvalue weighted by molar-refractivity contribution is 8.00. The molecule has 3 N–H and O–H groups in total. The van der Waals surface area contributed by atoms with Crippen LogP contribution in [0.2, 0.25) is 0 Å². The lowest BCUT2D eigenvalue weighted by Gasteiger charge is -2.13. The molecule has 1 aromatic rings. The van der Waals surface area contributed by atoms with Gasteiger partial charge in [0.2, 0.25) is 0 Å². The first-order valence-corrected chi connectivity index (χ1v) is 5.37. The highest BCUT2D eigenvalue weighted by Gasteiger charge is 2.33. The molecule has 0 amide bonds. The molecule has 8 heteroatoms. The summed E-state index contributed by atoms with van der Waals surface area (Å²) in [6.07, 6.45) is 0. The zero-order valence-corrected chi connectivity index (χ0v) is 9.60. The van der Waals surface area contributed by atoms with Gasteiger partial charge in [-0.2, -0.15) is 18.4 Å². The maximum absolute atomic E-state index is 12.4. The Balaban J connectivity index is 3.49. The van der Waals surface area contributed by atoms with Gasteiger partial charge in [0.25, 0.3) is 0 Å². The predicted octanol–water partition coefficient (Wildman–Crippen LogP) is 2.33. The number of nitrogens with two attached hydrogens (primary N) is 1. The molecule has 0 spiro atoms. The van der Waals surface area contributed by atoms with E-state index in [1.165, 1.54) is 0 Å². The second-order valence-electron chi connectivity index (χ2n) is 3.14. The SMILES string of the molecule is N#Cc1ccc(C(=O)O)c(SC(F)(F)F)c1CN. The first-order chi connectivity index (χ1) is 8.30. The Kier molecular flexibility index (Phi) is 4.21.